The van der Waals surface area contributed by atoms with Gasteiger partial charge in [0.25, 0.3) is 0 Å². The molecule has 2 rings (SSSR count). The largest absolute Gasteiger partial charge is 0.377 e. The van der Waals surface area contributed by atoms with E-state index in [1.165, 1.54) is 12.0 Å². The topological polar surface area (TPSA) is 40.1 Å². The highest BCUT2D eigenvalue weighted by Crippen LogP contribution is 2.32. The Balaban J connectivity index is 1.88. The van der Waals surface area contributed by atoms with Crippen LogP contribution in [0.25, 0.3) is 0 Å². The van der Waals surface area contributed by atoms with Crippen LogP contribution in [0.3, 0.4) is 0 Å². The van der Waals surface area contributed by atoms with Crippen LogP contribution in [0.2, 0.25) is 0 Å². The van der Waals surface area contributed by atoms with Crippen LogP contribution in [0.1, 0.15) is 38.2 Å². The summed E-state index contributed by atoms with van der Waals surface area (Å²) in [6, 6.07) is 10.9. The number of rotatable bonds is 8. The van der Waals surface area contributed by atoms with Crippen molar-refractivity contribution < 1.29 is 4.74 Å². The van der Waals surface area contributed by atoms with E-state index in [9.17, 15) is 0 Å². The summed E-state index contributed by atoms with van der Waals surface area (Å²) in [5.74, 6) is 2.25. The average Bonchev–Trinajstić information content (AvgIpc) is 2.67. The van der Waals surface area contributed by atoms with Gasteiger partial charge in [-0.1, -0.05) is 37.3 Å². The smallest absolute Gasteiger partial charge is 0.193 e. The fraction of sp³-hybridized carbons (Fsp3) is 0.682. The van der Waals surface area contributed by atoms with Gasteiger partial charge >= 0.3 is 0 Å². The van der Waals surface area contributed by atoms with E-state index in [-0.39, 0.29) is 6.10 Å². The van der Waals surface area contributed by atoms with Crippen molar-refractivity contribution in [2.75, 3.05) is 53.9 Å². The molecule has 0 amide bonds. The van der Waals surface area contributed by atoms with Gasteiger partial charge < -0.3 is 19.9 Å². The second kappa shape index (κ2) is 11.3. The zero-order chi connectivity index (χ0) is 19.6. The Morgan fingerprint density at radius 1 is 1.33 bits per heavy atom. The fourth-order valence-electron chi connectivity index (χ4n) is 3.95. The predicted octanol–water partition coefficient (Wildman–Crippen LogP) is 3.04. The number of piperidine rings is 1. The molecule has 5 heteroatoms. The van der Waals surface area contributed by atoms with Crippen LogP contribution in [0.4, 0.5) is 0 Å². The van der Waals surface area contributed by atoms with Crippen molar-refractivity contribution in [3.63, 3.8) is 0 Å². The lowest BCUT2D eigenvalue weighted by Gasteiger charge is -2.39. The predicted molar refractivity (Wildman–Crippen MR) is 114 cm³/mol. The Labute approximate surface area is 165 Å². The highest BCUT2D eigenvalue weighted by Gasteiger charge is 2.28. The molecule has 152 valence electrons. The number of aliphatic imine (C=N–C) groups is 1. The molecule has 1 N–H and O–H groups in total. The normalized spacial score (nSPS) is 22.1. The standard InChI is InChI=1S/C22H38N4O/c1-6-27-20(12-14-25(4)5)16-24-22(23-3)26-15-13-21(18(2)17-26)19-10-8-7-9-11-19/h7-11,18,20-21H,6,12-17H2,1-5H3,(H,23,24). The van der Waals surface area contributed by atoms with Crippen LogP contribution in [0.5, 0.6) is 0 Å². The lowest BCUT2D eigenvalue weighted by atomic mass is 9.82. The van der Waals surface area contributed by atoms with Crippen LogP contribution in [-0.2, 0) is 4.74 Å². The van der Waals surface area contributed by atoms with Gasteiger partial charge in [0, 0.05) is 39.8 Å². The lowest BCUT2D eigenvalue weighted by Crippen LogP contribution is -2.49. The lowest BCUT2D eigenvalue weighted by molar-refractivity contribution is 0.0541. The van der Waals surface area contributed by atoms with Gasteiger partial charge in [-0.2, -0.15) is 0 Å². The molecule has 1 aromatic carbocycles. The van der Waals surface area contributed by atoms with Gasteiger partial charge in [0.1, 0.15) is 0 Å². The van der Waals surface area contributed by atoms with Gasteiger partial charge in [0.05, 0.1) is 6.10 Å². The van der Waals surface area contributed by atoms with Gasteiger partial charge in [-0.15, -0.1) is 0 Å². The quantitative estimate of drug-likeness (QED) is 0.561. The number of hydrogen-bond donors (Lipinski definition) is 1. The second-order valence-electron chi connectivity index (χ2n) is 7.83. The Kier molecular flexibility index (Phi) is 9.08. The first-order valence-corrected chi connectivity index (χ1v) is 10.3. The van der Waals surface area contributed by atoms with E-state index >= 15 is 0 Å². The molecular weight excluding hydrogens is 336 g/mol. The first kappa shape index (κ1) is 21.7. The molecule has 3 unspecified atom stereocenters. The summed E-state index contributed by atoms with van der Waals surface area (Å²) in [6.07, 6.45) is 2.41. The van der Waals surface area contributed by atoms with E-state index in [0.717, 1.165) is 45.2 Å². The minimum absolute atomic E-state index is 0.216. The van der Waals surface area contributed by atoms with Gasteiger partial charge in [0.2, 0.25) is 0 Å². The summed E-state index contributed by atoms with van der Waals surface area (Å²) in [6.45, 7) is 9.09. The van der Waals surface area contributed by atoms with E-state index in [2.05, 4.69) is 78.4 Å². The molecule has 1 aliphatic heterocycles. The van der Waals surface area contributed by atoms with Crippen LogP contribution in [0, 0.1) is 5.92 Å². The van der Waals surface area contributed by atoms with Crippen molar-refractivity contribution in [2.24, 2.45) is 10.9 Å². The highest BCUT2D eigenvalue weighted by atomic mass is 16.5. The van der Waals surface area contributed by atoms with Crippen molar-refractivity contribution in [3.05, 3.63) is 35.9 Å². The monoisotopic (exact) mass is 374 g/mol. The minimum atomic E-state index is 0.216. The number of likely N-dealkylation sites (tertiary alicyclic amines) is 1. The molecule has 0 saturated carbocycles. The van der Waals surface area contributed by atoms with E-state index < -0.39 is 0 Å². The highest BCUT2D eigenvalue weighted by molar-refractivity contribution is 5.80. The maximum atomic E-state index is 5.91. The number of hydrogen-bond acceptors (Lipinski definition) is 3. The first-order chi connectivity index (χ1) is 13.0. The zero-order valence-electron chi connectivity index (χ0n) is 17.8. The maximum absolute atomic E-state index is 5.91. The fourth-order valence-corrected chi connectivity index (χ4v) is 3.95. The molecule has 1 aromatic rings. The van der Waals surface area contributed by atoms with E-state index in [1.54, 1.807) is 0 Å². The van der Waals surface area contributed by atoms with Crippen LogP contribution >= 0.6 is 0 Å². The van der Waals surface area contributed by atoms with Crippen LogP contribution < -0.4 is 5.32 Å². The van der Waals surface area contributed by atoms with Crippen molar-refractivity contribution >= 4 is 5.96 Å². The summed E-state index contributed by atoms with van der Waals surface area (Å²) in [4.78, 5) is 9.14. The molecule has 0 aromatic heterocycles. The van der Waals surface area contributed by atoms with Crippen LogP contribution in [-0.4, -0.2) is 75.8 Å². The molecule has 0 spiro atoms. The molecule has 1 fully saturated rings. The third kappa shape index (κ3) is 6.82. The third-order valence-corrected chi connectivity index (χ3v) is 5.43. The van der Waals surface area contributed by atoms with E-state index in [0.29, 0.717) is 11.8 Å². The van der Waals surface area contributed by atoms with Crippen LogP contribution in [0.15, 0.2) is 35.3 Å². The number of guanidine groups is 1. The van der Waals surface area contributed by atoms with Gasteiger partial charge in [0.15, 0.2) is 5.96 Å². The Morgan fingerprint density at radius 2 is 2.07 bits per heavy atom. The molecule has 27 heavy (non-hydrogen) atoms. The number of benzene rings is 1. The molecule has 5 nitrogen and oxygen atoms in total. The molecule has 0 radical (unpaired) electrons. The molecule has 3 atom stereocenters. The summed E-state index contributed by atoms with van der Waals surface area (Å²) in [7, 11) is 6.09. The molecule has 1 heterocycles. The van der Waals surface area contributed by atoms with Gasteiger partial charge in [-0.05, 0) is 51.3 Å². The first-order valence-electron chi connectivity index (χ1n) is 10.3. The third-order valence-electron chi connectivity index (χ3n) is 5.43. The zero-order valence-corrected chi connectivity index (χ0v) is 17.8. The molecule has 0 aliphatic carbocycles. The second-order valence-corrected chi connectivity index (χ2v) is 7.83. The average molecular weight is 375 g/mol. The molecule has 1 aliphatic rings. The van der Waals surface area contributed by atoms with E-state index in [4.69, 9.17) is 4.74 Å². The van der Waals surface area contributed by atoms with Crippen molar-refractivity contribution in [3.8, 4) is 0 Å². The Morgan fingerprint density at radius 3 is 2.67 bits per heavy atom. The number of ether oxygens (including phenoxy) is 1. The van der Waals surface area contributed by atoms with Crippen molar-refractivity contribution in [1.82, 2.24) is 15.1 Å². The summed E-state index contributed by atoms with van der Waals surface area (Å²) < 4.78 is 5.91. The SMILES string of the molecule is CCOC(CCN(C)C)CNC(=NC)N1CCC(c2ccccc2)C(C)C1. The minimum Gasteiger partial charge on any atom is -0.377 e. The Bertz CT molecular complexity index is 561. The number of nitrogens with zero attached hydrogens (tertiary/aromatic N) is 3. The maximum Gasteiger partial charge on any atom is 0.193 e. The Hall–Kier alpha value is -1.59. The van der Waals surface area contributed by atoms with Gasteiger partial charge in [-0.25, -0.2) is 0 Å². The summed E-state index contributed by atoms with van der Waals surface area (Å²) in [5, 5.41) is 3.56. The number of nitrogens with one attached hydrogen (secondary N) is 1. The molecule has 1 saturated heterocycles. The summed E-state index contributed by atoms with van der Waals surface area (Å²) >= 11 is 0. The van der Waals surface area contributed by atoms with E-state index in [1.807, 2.05) is 7.05 Å². The molecular formula is C22H38N4O. The van der Waals surface area contributed by atoms with Crippen molar-refractivity contribution in [1.29, 1.82) is 0 Å². The summed E-state index contributed by atoms with van der Waals surface area (Å²) in [5.41, 5.74) is 1.47. The van der Waals surface area contributed by atoms with Crippen molar-refractivity contribution in [2.45, 2.75) is 38.7 Å². The van der Waals surface area contributed by atoms with Gasteiger partial charge in [-0.3, -0.25) is 4.99 Å². The molecule has 0 bridgehead atoms.